The molecule has 3 rings (SSSR count). The molecule has 1 aromatic carbocycles. The number of allylic oxidation sites excluding steroid dienone is 2. The third-order valence-electron chi connectivity index (χ3n) is 5.13. The van der Waals surface area contributed by atoms with Crippen LogP contribution in [0.4, 0.5) is 0 Å². The Morgan fingerprint density at radius 3 is 2.58 bits per heavy atom. The summed E-state index contributed by atoms with van der Waals surface area (Å²) in [6.45, 7) is 8.90. The second kappa shape index (κ2) is 6.98. The molecule has 0 unspecified atom stereocenters. The van der Waals surface area contributed by atoms with Crippen molar-refractivity contribution >= 4 is 5.91 Å². The van der Waals surface area contributed by atoms with Crippen LogP contribution in [0.5, 0.6) is 5.75 Å². The monoisotopic (exact) mass is 353 g/mol. The summed E-state index contributed by atoms with van der Waals surface area (Å²) in [6, 6.07) is 9.63. The van der Waals surface area contributed by atoms with E-state index >= 15 is 0 Å². The van der Waals surface area contributed by atoms with Crippen LogP contribution in [-0.2, 0) is 11.3 Å². The smallest absolute Gasteiger partial charge is 0.224 e. The Morgan fingerprint density at radius 2 is 1.96 bits per heavy atom. The van der Waals surface area contributed by atoms with Crippen molar-refractivity contribution in [2.24, 2.45) is 17.3 Å². The zero-order chi connectivity index (χ0) is 18.9. The molecule has 1 N–H and O–H groups in total. The van der Waals surface area contributed by atoms with Gasteiger partial charge in [0.1, 0.15) is 5.75 Å². The van der Waals surface area contributed by atoms with E-state index in [9.17, 15) is 4.79 Å². The molecule has 0 saturated heterocycles. The van der Waals surface area contributed by atoms with Gasteiger partial charge in [-0.2, -0.15) is 5.10 Å². The Bertz CT molecular complexity index is 814. The lowest BCUT2D eigenvalue weighted by Crippen LogP contribution is -2.26. The number of carbonyl (C=O) groups is 1. The van der Waals surface area contributed by atoms with Crippen LogP contribution >= 0.6 is 0 Å². The van der Waals surface area contributed by atoms with E-state index in [4.69, 9.17) is 4.74 Å². The van der Waals surface area contributed by atoms with Gasteiger partial charge in [0, 0.05) is 6.20 Å². The Hall–Kier alpha value is -2.56. The molecule has 1 aromatic heterocycles. The summed E-state index contributed by atoms with van der Waals surface area (Å²) in [6.07, 6.45) is 4.11. The van der Waals surface area contributed by atoms with E-state index < -0.39 is 0 Å². The number of aromatic nitrogens is 2. The van der Waals surface area contributed by atoms with E-state index in [1.54, 1.807) is 11.8 Å². The number of hydrogen-bond acceptors (Lipinski definition) is 3. The Labute approximate surface area is 155 Å². The maximum absolute atomic E-state index is 12.5. The van der Waals surface area contributed by atoms with Crippen LogP contribution in [0.1, 0.15) is 33.4 Å². The van der Waals surface area contributed by atoms with Crippen LogP contribution in [0.2, 0.25) is 0 Å². The quantitative estimate of drug-likeness (QED) is 0.805. The number of benzene rings is 1. The van der Waals surface area contributed by atoms with E-state index in [0.717, 1.165) is 17.1 Å². The highest BCUT2D eigenvalue weighted by atomic mass is 16.5. The molecule has 2 atom stereocenters. The van der Waals surface area contributed by atoms with Crippen molar-refractivity contribution in [1.82, 2.24) is 15.1 Å². The first-order chi connectivity index (χ1) is 12.3. The molecule has 0 spiro atoms. The minimum atomic E-state index is 0.0316. The zero-order valence-corrected chi connectivity index (χ0v) is 16.1. The molecular weight excluding hydrogens is 326 g/mol. The van der Waals surface area contributed by atoms with Crippen LogP contribution in [0.3, 0.4) is 0 Å². The second-order valence-electron chi connectivity index (χ2n) is 7.74. The maximum Gasteiger partial charge on any atom is 0.224 e. The summed E-state index contributed by atoms with van der Waals surface area (Å²) in [5, 5.41) is 7.58. The molecule has 0 radical (unpaired) electrons. The number of hydrogen-bond donors (Lipinski definition) is 1. The van der Waals surface area contributed by atoms with Gasteiger partial charge in [-0.1, -0.05) is 25.5 Å². The number of amides is 1. The number of nitrogens with one attached hydrogen (secondary N) is 1. The van der Waals surface area contributed by atoms with E-state index in [1.807, 2.05) is 36.5 Å². The maximum atomic E-state index is 12.5. The van der Waals surface area contributed by atoms with Gasteiger partial charge in [-0.15, -0.1) is 0 Å². The van der Waals surface area contributed by atoms with Crippen LogP contribution in [0, 0.1) is 17.3 Å². The molecular formula is C21H27N3O2. The summed E-state index contributed by atoms with van der Waals surface area (Å²) in [7, 11) is 1.65. The minimum Gasteiger partial charge on any atom is -0.497 e. The highest BCUT2D eigenvalue weighted by molar-refractivity contribution is 5.83. The van der Waals surface area contributed by atoms with Gasteiger partial charge in [-0.3, -0.25) is 4.79 Å². The first-order valence-corrected chi connectivity index (χ1v) is 8.94. The highest BCUT2D eigenvalue weighted by Crippen LogP contribution is 2.59. The van der Waals surface area contributed by atoms with Crippen LogP contribution in [0.15, 0.2) is 48.2 Å². The fourth-order valence-electron chi connectivity index (χ4n) is 3.47. The van der Waals surface area contributed by atoms with Crippen molar-refractivity contribution in [3.05, 3.63) is 53.9 Å². The van der Waals surface area contributed by atoms with Gasteiger partial charge in [0.15, 0.2) is 0 Å². The van der Waals surface area contributed by atoms with Gasteiger partial charge < -0.3 is 10.1 Å². The molecule has 1 aliphatic carbocycles. The average Bonchev–Trinajstić information content (AvgIpc) is 2.97. The summed E-state index contributed by atoms with van der Waals surface area (Å²) < 4.78 is 6.97. The third kappa shape index (κ3) is 3.66. The average molecular weight is 353 g/mol. The second-order valence-corrected chi connectivity index (χ2v) is 7.74. The number of rotatable bonds is 6. The zero-order valence-electron chi connectivity index (χ0n) is 16.1. The Balaban J connectivity index is 1.60. The summed E-state index contributed by atoms with van der Waals surface area (Å²) >= 11 is 0. The molecule has 1 saturated carbocycles. The number of methoxy groups -OCH3 is 1. The fraction of sp³-hybridized carbons (Fsp3) is 0.429. The SMILES string of the molecule is COc1ccc(-n2ccc(CNC(=O)[C@@H]3[C@@H](C=C(C)C)C3(C)C)n2)cc1. The van der Waals surface area contributed by atoms with E-state index in [2.05, 4.69) is 44.2 Å². The van der Waals surface area contributed by atoms with Crippen LogP contribution < -0.4 is 10.1 Å². The lowest BCUT2D eigenvalue weighted by atomic mass is 10.1. The number of carbonyl (C=O) groups excluding carboxylic acids is 1. The third-order valence-corrected chi connectivity index (χ3v) is 5.13. The lowest BCUT2D eigenvalue weighted by Gasteiger charge is -2.05. The van der Waals surface area contributed by atoms with Crippen molar-refractivity contribution in [1.29, 1.82) is 0 Å². The van der Waals surface area contributed by atoms with Gasteiger partial charge in [0.25, 0.3) is 0 Å². The van der Waals surface area contributed by atoms with E-state index in [-0.39, 0.29) is 17.2 Å². The largest absolute Gasteiger partial charge is 0.497 e. The van der Waals surface area contributed by atoms with E-state index in [1.165, 1.54) is 5.57 Å². The minimum absolute atomic E-state index is 0.0316. The van der Waals surface area contributed by atoms with Gasteiger partial charge in [-0.05, 0) is 55.5 Å². The first kappa shape index (κ1) is 18.2. The van der Waals surface area contributed by atoms with Gasteiger partial charge >= 0.3 is 0 Å². The topological polar surface area (TPSA) is 56.1 Å². The van der Waals surface area contributed by atoms with Crippen molar-refractivity contribution in [2.75, 3.05) is 7.11 Å². The standard InChI is InChI=1S/C21H27N3O2/c1-14(2)12-18-19(21(18,3)4)20(25)22-13-15-10-11-24(23-15)16-6-8-17(26-5)9-7-16/h6-12,18-19H,13H2,1-5H3,(H,22,25)/t18-,19+/m1/s1. The molecule has 1 fully saturated rings. The molecule has 26 heavy (non-hydrogen) atoms. The van der Waals surface area contributed by atoms with Gasteiger partial charge in [0.2, 0.25) is 5.91 Å². The molecule has 2 aromatic rings. The van der Waals surface area contributed by atoms with Crippen molar-refractivity contribution in [3.8, 4) is 11.4 Å². The predicted octanol–water partition coefficient (Wildman–Crippen LogP) is 3.74. The molecule has 138 valence electrons. The molecule has 0 bridgehead atoms. The molecule has 5 nitrogen and oxygen atoms in total. The molecule has 5 heteroatoms. The Kier molecular flexibility index (Phi) is 4.90. The summed E-state index contributed by atoms with van der Waals surface area (Å²) in [5.41, 5.74) is 3.09. The molecule has 1 heterocycles. The number of ether oxygens (including phenoxy) is 1. The Morgan fingerprint density at radius 1 is 1.27 bits per heavy atom. The van der Waals surface area contributed by atoms with Crippen LogP contribution in [-0.4, -0.2) is 22.8 Å². The summed E-state index contributed by atoms with van der Waals surface area (Å²) in [4.78, 5) is 12.5. The highest BCUT2D eigenvalue weighted by Gasteiger charge is 2.60. The van der Waals surface area contributed by atoms with Crippen LogP contribution in [0.25, 0.3) is 5.69 Å². The van der Waals surface area contributed by atoms with Crippen molar-refractivity contribution in [2.45, 2.75) is 34.2 Å². The molecule has 0 aliphatic heterocycles. The van der Waals surface area contributed by atoms with Crippen molar-refractivity contribution < 1.29 is 9.53 Å². The van der Waals surface area contributed by atoms with E-state index in [0.29, 0.717) is 12.5 Å². The lowest BCUT2D eigenvalue weighted by molar-refractivity contribution is -0.123. The fourth-order valence-corrected chi connectivity index (χ4v) is 3.47. The van der Waals surface area contributed by atoms with Crippen molar-refractivity contribution in [3.63, 3.8) is 0 Å². The number of nitrogens with zero attached hydrogens (tertiary/aromatic N) is 2. The molecule has 1 aliphatic rings. The van der Waals surface area contributed by atoms with Gasteiger partial charge in [-0.25, -0.2) is 4.68 Å². The molecule has 1 amide bonds. The first-order valence-electron chi connectivity index (χ1n) is 8.94. The normalized spacial score (nSPS) is 20.3. The van der Waals surface area contributed by atoms with Gasteiger partial charge in [0.05, 0.1) is 31.0 Å². The predicted molar refractivity (Wildman–Crippen MR) is 102 cm³/mol. The summed E-state index contributed by atoms with van der Waals surface area (Å²) in [5.74, 6) is 1.29.